The van der Waals surface area contributed by atoms with E-state index in [2.05, 4.69) is 20.8 Å². The maximum absolute atomic E-state index is 10.7. The lowest BCUT2D eigenvalue weighted by molar-refractivity contribution is 0.598. The Morgan fingerprint density at radius 1 is 1.07 bits per heavy atom. The molecule has 0 saturated heterocycles. The molecule has 86 valence electrons. The molecule has 1 aromatic carbocycles. The van der Waals surface area contributed by atoms with Crippen LogP contribution >= 0.6 is 0 Å². The van der Waals surface area contributed by atoms with Gasteiger partial charge in [0, 0.05) is 0 Å². The molecule has 1 aromatic rings. The Balaban J connectivity index is 0.000000423. The van der Waals surface area contributed by atoms with Gasteiger partial charge in [0.25, 0.3) is 0 Å². The van der Waals surface area contributed by atoms with E-state index in [0.717, 1.165) is 11.5 Å². The molecule has 0 fully saturated rings. The zero-order valence-corrected chi connectivity index (χ0v) is 10.5. The zero-order valence-electron chi connectivity index (χ0n) is 9.69. The molecule has 0 amide bonds. The number of aryl methyl sites for hydroxylation is 1. The van der Waals surface area contributed by atoms with Gasteiger partial charge in [-0.3, -0.25) is 0 Å². The van der Waals surface area contributed by atoms with Gasteiger partial charge in [-0.1, -0.05) is 38.5 Å². The van der Waals surface area contributed by atoms with Gasteiger partial charge in [-0.25, -0.2) is 13.6 Å². The highest BCUT2D eigenvalue weighted by Gasteiger charge is 2.04. The summed E-state index contributed by atoms with van der Waals surface area (Å²) in [5.41, 5.74) is 1.01. The number of hydrogen-bond acceptors (Lipinski definition) is 2. The van der Waals surface area contributed by atoms with Crippen molar-refractivity contribution < 1.29 is 8.42 Å². The largest absolute Gasteiger partial charge is 0.238 e. The molecule has 0 radical (unpaired) electrons. The number of sulfonamides is 1. The molecule has 2 N–H and O–H groups in total. The van der Waals surface area contributed by atoms with Crippen LogP contribution in [0.5, 0.6) is 0 Å². The molecule has 3 nitrogen and oxygen atoms in total. The van der Waals surface area contributed by atoms with Gasteiger partial charge in [-0.15, -0.1) is 0 Å². The summed E-state index contributed by atoms with van der Waals surface area (Å²) in [6.45, 7) is 8.38. The Kier molecular flexibility index (Phi) is 5.54. The van der Waals surface area contributed by atoms with Crippen molar-refractivity contribution in [3.05, 3.63) is 29.8 Å². The summed E-state index contributed by atoms with van der Waals surface area (Å²) in [7, 11) is -3.52. The molecule has 0 aliphatic carbocycles. The molecule has 0 aliphatic rings. The minimum absolute atomic E-state index is 0.156. The van der Waals surface area contributed by atoms with Crippen LogP contribution in [0.4, 0.5) is 0 Å². The summed E-state index contributed by atoms with van der Waals surface area (Å²) >= 11 is 0. The molecule has 0 unspecified atom stereocenters. The summed E-state index contributed by atoms with van der Waals surface area (Å²) < 4.78 is 21.4. The first-order valence-electron chi connectivity index (χ1n) is 4.83. The third kappa shape index (κ3) is 7.11. The molecule has 0 aromatic heterocycles. The molecule has 1 rings (SSSR count). The fraction of sp³-hybridized carbons (Fsp3) is 0.455. The lowest BCUT2D eigenvalue weighted by Crippen LogP contribution is -2.11. The third-order valence-electron chi connectivity index (χ3n) is 1.35. The maximum Gasteiger partial charge on any atom is 0.238 e. The predicted molar refractivity (Wildman–Crippen MR) is 63.1 cm³/mol. The molecular weight excluding hydrogens is 210 g/mol. The van der Waals surface area contributed by atoms with E-state index in [4.69, 9.17) is 5.14 Å². The van der Waals surface area contributed by atoms with Crippen molar-refractivity contribution in [2.75, 3.05) is 0 Å². The van der Waals surface area contributed by atoms with Crippen molar-refractivity contribution in [1.29, 1.82) is 0 Å². The van der Waals surface area contributed by atoms with Crippen LogP contribution in [-0.4, -0.2) is 8.42 Å². The van der Waals surface area contributed by atoms with Crippen LogP contribution in [-0.2, 0) is 10.0 Å². The van der Waals surface area contributed by atoms with Crippen molar-refractivity contribution in [2.45, 2.75) is 32.6 Å². The zero-order chi connectivity index (χ0) is 12.1. The van der Waals surface area contributed by atoms with E-state index in [1.807, 2.05) is 6.92 Å². The minimum Gasteiger partial charge on any atom is -0.225 e. The van der Waals surface area contributed by atoms with Crippen molar-refractivity contribution in [2.24, 2.45) is 11.1 Å². The molecule has 0 atom stereocenters. The molecule has 15 heavy (non-hydrogen) atoms. The molecule has 0 heterocycles. The van der Waals surface area contributed by atoms with E-state index in [9.17, 15) is 8.42 Å². The number of primary sulfonamides is 1. The Morgan fingerprint density at radius 3 is 1.67 bits per heavy atom. The smallest absolute Gasteiger partial charge is 0.225 e. The van der Waals surface area contributed by atoms with E-state index in [0.29, 0.717) is 0 Å². The molecule has 0 saturated carbocycles. The summed E-state index contributed by atoms with van der Waals surface area (Å²) in [5, 5.41) is 4.88. The molecular formula is C11H19NO2S. The second-order valence-electron chi connectivity index (χ2n) is 4.09. The fourth-order valence-corrected chi connectivity index (χ4v) is 1.24. The first kappa shape index (κ1) is 14.1. The Labute approximate surface area is 92.4 Å². The number of nitrogens with two attached hydrogens (primary N) is 1. The highest BCUT2D eigenvalue weighted by Crippen LogP contribution is 2.06. The predicted octanol–water partition coefficient (Wildman–Crippen LogP) is 2.30. The van der Waals surface area contributed by atoms with E-state index in [1.54, 1.807) is 12.1 Å². The molecule has 4 heteroatoms. The van der Waals surface area contributed by atoms with Gasteiger partial charge in [0.1, 0.15) is 0 Å². The van der Waals surface area contributed by atoms with Crippen LogP contribution in [0.1, 0.15) is 26.3 Å². The maximum atomic E-state index is 10.7. The van der Waals surface area contributed by atoms with Crippen LogP contribution in [0.25, 0.3) is 0 Å². The van der Waals surface area contributed by atoms with Gasteiger partial charge in [0.15, 0.2) is 0 Å². The summed E-state index contributed by atoms with van der Waals surface area (Å²) in [6.07, 6.45) is 0. The first-order valence-corrected chi connectivity index (χ1v) is 6.37. The monoisotopic (exact) mass is 229 g/mol. The van der Waals surface area contributed by atoms with Crippen molar-refractivity contribution >= 4 is 10.0 Å². The van der Waals surface area contributed by atoms with E-state index in [1.165, 1.54) is 12.1 Å². The second-order valence-corrected chi connectivity index (χ2v) is 5.65. The van der Waals surface area contributed by atoms with E-state index < -0.39 is 10.0 Å². The van der Waals surface area contributed by atoms with Crippen LogP contribution in [0, 0.1) is 12.8 Å². The number of hydrogen-bond donors (Lipinski definition) is 1. The highest BCUT2D eigenvalue weighted by molar-refractivity contribution is 7.89. The van der Waals surface area contributed by atoms with Crippen molar-refractivity contribution in [1.82, 2.24) is 0 Å². The standard InChI is InChI=1S/C7H9NO2S.C4H10/c1-6-2-4-7(5-3-6)11(8,9)10;1-4(2)3/h2-5H,1H3,(H2,8,9,10);4H,1-3H3. The summed E-state index contributed by atoms with van der Waals surface area (Å²) in [4.78, 5) is 0.156. The second kappa shape index (κ2) is 5.88. The topological polar surface area (TPSA) is 60.2 Å². The number of rotatable bonds is 1. The number of benzene rings is 1. The fourth-order valence-electron chi connectivity index (χ4n) is 0.728. The third-order valence-corrected chi connectivity index (χ3v) is 2.28. The van der Waals surface area contributed by atoms with E-state index >= 15 is 0 Å². The minimum atomic E-state index is -3.52. The van der Waals surface area contributed by atoms with Crippen molar-refractivity contribution in [3.63, 3.8) is 0 Å². The highest BCUT2D eigenvalue weighted by atomic mass is 32.2. The van der Waals surface area contributed by atoms with Gasteiger partial charge in [-0.2, -0.15) is 0 Å². The average Bonchev–Trinajstić information content (AvgIpc) is 2.01. The Bertz CT molecular complexity index is 377. The molecule has 0 bridgehead atoms. The summed E-state index contributed by atoms with van der Waals surface area (Å²) in [5.74, 6) is 0.833. The van der Waals surface area contributed by atoms with Gasteiger partial charge in [-0.05, 0) is 25.0 Å². The molecule has 0 spiro atoms. The normalized spacial score (nSPS) is 10.8. The van der Waals surface area contributed by atoms with Gasteiger partial charge >= 0.3 is 0 Å². The first-order chi connectivity index (χ1) is 6.73. The van der Waals surface area contributed by atoms with Crippen LogP contribution < -0.4 is 5.14 Å². The summed E-state index contributed by atoms with van der Waals surface area (Å²) in [6, 6.07) is 6.40. The average molecular weight is 229 g/mol. The van der Waals surface area contributed by atoms with Crippen LogP contribution in [0.2, 0.25) is 0 Å². The lowest BCUT2D eigenvalue weighted by Gasteiger charge is -1.96. The van der Waals surface area contributed by atoms with Gasteiger partial charge in [0.2, 0.25) is 10.0 Å². The quantitative estimate of drug-likeness (QED) is 0.803. The molecule has 0 aliphatic heterocycles. The van der Waals surface area contributed by atoms with Crippen molar-refractivity contribution in [3.8, 4) is 0 Å². The SMILES string of the molecule is CC(C)C.Cc1ccc(S(N)(=O)=O)cc1. The Morgan fingerprint density at radius 2 is 1.40 bits per heavy atom. The van der Waals surface area contributed by atoms with Crippen LogP contribution in [0.3, 0.4) is 0 Å². The Hall–Kier alpha value is -0.870. The van der Waals surface area contributed by atoms with Gasteiger partial charge in [0.05, 0.1) is 4.90 Å². The van der Waals surface area contributed by atoms with Gasteiger partial charge < -0.3 is 0 Å². The van der Waals surface area contributed by atoms with Crippen LogP contribution in [0.15, 0.2) is 29.2 Å². The van der Waals surface area contributed by atoms with E-state index in [-0.39, 0.29) is 4.90 Å². The lowest BCUT2D eigenvalue weighted by atomic mass is 10.2.